The maximum atomic E-state index is 12.8. The van der Waals surface area contributed by atoms with Gasteiger partial charge < -0.3 is 19.2 Å². The quantitative estimate of drug-likeness (QED) is 0.699. The summed E-state index contributed by atoms with van der Waals surface area (Å²) >= 11 is 0. The molecule has 0 fully saturated rings. The Labute approximate surface area is 146 Å². The lowest BCUT2D eigenvalue weighted by molar-refractivity contribution is 0.142. The number of hydrogen-bond donors (Lipinski definition) is 1. The molecule has 0 unspecified atom stereocenters. The van der Waals surface area contributed by atoms with Crippen molar-refractivity contribution < 1.29 is 14.3 Å². The number of ether oxygens (including phenoxy) is 1. The molecule has 5 nitrogen and oxygen atoms in total. The van der Waals surface area contributed by atoms with Crippen molar-refractivity contribution in [3.63, 3.8) is 0 Å². The van der Waals surface area contributed by atoms with Crippen molar-refractivity contribution in [1.82, 2.24) is 4.90 Å². The van der Waals surface area contributed by atoms with Gasteiger partial charge in [0.2, 0.25) is 5.43 Å². The zero-order valence-corrected chi connectivity index (χ0v) is 14.8. The van der Waals surface area contributed by atoms with Crippen LogP contribution in [-0.2, 0) is 6.42 Å². The molecule has 3 aromatic rings. The Morgan fingerprint density at radius 2 is 1.96 bits per heavy atom. The molecule has 1 heterocycles. The molecule has 1 atom stereocenters. The Morgan fingerprint density at radius 3 is 2.68 bits per heavy atom. The smallest absolute Gasteiger partial charge is 0.200 e. The van der Waals surface area contributed by atoms with Gasteiger partial charge in [0.25, 0.3) is 0 Å². The fourth-order valence-electron chi connectivity index (χ4n) is 3.03. The molecule has 0 radical (unpaired) electrons. The van der Waals surface area contributed by atoms with Crippen molar-refractivity contribution in [3.05, 3.63) is 52.2 Å². The molecule has 0 aliphatic rings. The van der Waals surface area contributed by atoms with Gasteiger partial charge in [-0.25, -0.2) is 0 Å². The third-order valence-electron chi connectivity index (χ3n) is 4.30. The highest BCUT2D eigenvalue weighted by Gasteiger charge is 2.10. The van der Waals surface area contributed by atoms with E-state index in [0.29, 0.717) is 34.2 Å². The van der Waals surface area contributed by atoms with Crippen LogP contribution in [-0.4, -0.2) is 43.4 Å². The number of rotatable bonds is 6. The first-order chi connectivity index (χ1) is 12.0. The van der Waals surface area contributed by atoms with Crippen LogP contribution in [0, 0.1) is 0 Å². The molecule has 0 bridgehead atoms. The van der Waals surface area contributed by atoms with Crippen LogP contribution in [0.2, 0.25) is 0 Å². The summed E-state index contributed by atoms with van der Waals surface area (Å²) in [5.74, 6) is 0.660. The molecule has 25 heavy (non-hydrogen) atoms. The Bertz CT molecular complexity index is 945. The lowest BCUT2D eigenvalue weighted by Gasteiger charge is -2.18. The van der Waals surface area contributed by atoms with Gasteiger partial charge in [-0.05, 0) is 50.2 Å². The predicted octanol–water partition coefficient (Wildman–Crippen LogP) is 2.81. The molecule has 0 aliphatic heterocycles. The minimum absolute atomic E-state index is 0.0295. The monoisotopic (exact) mass is 341 g/mol. The SMILES string of the molecule is COc1ccc2c(=O)c3cc(CCN(C)C[C@@H](C)O)ccc3oc2c1. The Morgan fingerprint density at radius 1 is 1.16 bits per heavy atom. The topological polar surface area (TPSA) is 62.9 Å². The average molecular weight is 341 g/mol. The molecule has 1 N–H and O–H groups in total. The predicted molar refractivity (Wildman–Crippen MR) is 99.4 cm³/mol. The van der Waals surface area contributed by atoms with E-state index in [1.807, 2.05) is 25.2 Å². The van der Waals surface area contributed by atoms with Gasteiger partial charge in [0.15, 0.2) is 0 Å². The fraction of sp³-hybridized carbons (Fsp3) is 0.350. The van der Waals surface area contributed by atoms with E-state index in [-0.39, 0.29) is 11.5 Å². The van der Waals surface area contributed by atoms with Crippen molar-refractivity contribution in [1.29, 1.82) is 0 Å². The van der Waals surface area contributed by atoms with Gasteiger partial charge in [-0.2, -0.15) is 0 Å². The number of nitrogens with zero attached hydrogens (tertiary/aromatic N) is 1. The highest BCUT2D eigenvalue weighted by Crippen LogP contribution is 2.23. The van der Waals surface area contributed by atoms with Crippen LogP contribution in [0.15, 0.2) is 45.6 Å². The number of likely N-dealkylation sites (N-methyl/N-ethyl adjacent to an activating group) is 1. The van der Waals surface area contributed by atoms with Crippen LogP contribution in [0.1, 0.15) is 12.5 Å². The van der Waals surface area contributed by atoms with Gasteiger partial charge in [0, 0.05) is 19.2 Å². The molecular weight excluding hydrogens is 318 g/mol. The molecule has 2 aromatic carbocycles. The number of fused-ring (bicyclic) bond motifs is 2. The van der Waals surface area contributed by atoms with Crippen LogP contribution in [0.4, 0.5) is 0 Å². The zero-order valence-electron chi connectivity index (χ0n) is 14.8. The molecule has 0 saturated heterocycles. The summed E-state index contributed by atoms with van der Waals surface area (Å²) in [5, 5.41) is 10.6. The molecule has 0 saturated carbocycles. The van der Waals surface area contributed by atoms with Gasteiger partial charge >= 0.3 is 0 Å². The van der Waals surface area contributed by atoms with Crippen LogP contribution in [0.3, 0.4) is 0 Å². The summed E-state index contributed by atoms with van der Waals surface area (Å²) in [5.41, 5.74) is 2.15. The molecular formula is C20H23NO4. The van der Waals surface area contributed by atoms with Crippen LogP contribution < -0.4 is 10.2 Å². The van der Waals surface area contributed by atoms with Gasteiger partial charge in [0.05, 0.1) is 24.0 Å². The summed E-state index contributed by atoms with van der Waals surface area (Å²) in [4.78, 5) is 14.9. The fourth-order valence-corrected chi connectivity index (χ4v) is 3.03. The maximum absolute atomic E-state index is 12.8. The van der Waals surface area contributed by atoms with Crippen molar-refractivity contribution in [3.8, 4) is 5.75 Å². The summed E-state index contributed by atoms with van der Waals surface area (Å²) in [6.45, 7) is 3.21. The minimum Gasteiger partial charge on any atom is -0.497 e. The first kappa shape index (κ1) is 17.5. The lowest BCUT2D eigenvalue weighted by Crippen LogP contribution is -2.29. The summed E-state index contributed by atoms with van der Waals surface area (Å²) < 4.78 is 11.1. The lowest BCUT2D eigenvalue weighted by atomic mass is 10.1. The highest BCUT2D eigenvalue weighted by atomic mass is 16.5. The average Bonchev–Trinajstić information content (AvgIpc) is 2.59. The zero-order chi connectivity index (χ0) is 18.0. The molecule has 132 valence electrons. The third-order valence-corrected chi connectivity index (χ3v) is 4.30. The Hall–Kier alpha value is -2.37. The first-order valence-corrected chi connectivity index (χ1v) is 8.38. The summed E-state index contributed by atoms with van der Waals surface area (Å²) in [6.07, 6.45) is 0.455. The number of benzene rings is 2. The second-order valence-electron chi connectivity index (χ2n) is 6.49. The highest BCUT2D eigenvalue weighted by molar-refractivity contribution is 5.90. The van der Waals surface area contributed by atoms with E-state index in [2.05, 4.69) is 4.90 Å². The first-order valence-electron chi connectivity index (χ1n) is 8.38. The molecule has 0 aliphatic carbocycles. The molecule has 0 spiro atoms. The van der Waals surface area contributed by atoms with Gasteiger partial charge in [-0.1, -0.05) is 6.07 Å². The van der Waals surface area contributed by atoms with Crippen LogP contribution >= 0.6 is 0 Å². The second kappa shape index (κ2) is 7.25. The van der Waals surface area contributed by atoms with Crippen molar-refractivity contribution in [2.45, 2.75) is 19.4 Å². The van der Waals surface area contributed by atoms with Crippen LogP contribution in [0.5, 0.6) is 5.75 Å². The van der Waals surface area contributed by atoms with Gasteiger partial charge in [-0.15, -0.1) is 0 Å². The number of methoxy groups -OCH3 is 1. The van der Waals surface area contributed by atoms with E-state index in [1.54, 1.807) is 32.2 Å². The number of hydrogen-bond acceptors (Lipinski definition) is 5. The van der Waals surface area contributed by atoms with Crippen LogP contribution in [0.25, 0.3) is 21.9 Å². The standard InChI is InChI=1S/C20H23NO4/c1-13(22)12-21(2)9-8-14-4-7-18-17(10-14)20(23)16-6-5-15(24-3)11-19(16)25-18/h4-7,10-11,13,22H,8-9,12H2,1-3H3/t13-/m1/s1. The van der Waals surface area contributed by atoms with E-state index >= 15 is 0 Å². The molecule has 0 amide bonds. The van der Waals surface area contributed by atoms with E-state index < -0.39 is 0 Å². The number of aliphatic hydroxyl groups is 1. The van der Waals surface area contributed by atoms with Crippen molar-refractivity contribution >= 4 is 21.9 Å². The number of aliphatic hydroxyl groups excluding tert-OH is 1. The Kier molecular flexibility index (Phi) is 5.06. The molecule has 1 aromatic heterocycles. The minimum atomic E-state index is -0.350. The van der Waals surface area contributed by atoms with Gasteiger partial charge in [-0.3, -0.25) is 4.79 Å². The van der Waals surface area contributed by atoms with E-state index in [4.69, 9.17) is 9.15 Å². The normalized spacial score (nSPS) is 12.8. The van der Waals surface area contributed by atoms with E-state index in [9.17, 15) is 9.90 Å². The summed E-state index contributed by atoms with van der Waals surface area (Å²) in [6, 6.07) is 11.0. The van der Waals surface area contributed by atoms with Crippen molar-refractivity contribution in [2.24, 2.45) is 0 Å². The largest absolute Gasteiger partial charge is 0.497 e. The maximum Gasteiger partial charge on any atom is 0.200 e. The summed E-state index contributed by atoms with van der Waals surface area (Å²) in [7, 11) is 3.56. The molecule has 5 heteroatoms. The second-order valence-corrected chi connectivity index (χ2v) is 6.49. The van der Waals surface area contributed by atoms with Gasteiger partial charge in [0.1, 0.15) is 16.9 Å². The van der Waals surface area contributed by atoms with Crippen molar-refractivity contribution in [2.75, 3.05) is 27.2 Å². The molecule has 3 rings (SSSR count). The van der Waals surface area contributed by atoms with E-state index in [1.165, 1.54) is 0 Å². The third kappa shape index (κ3) is 3.83. The van der Waals surface area contributed by atoms with E-state index in [0.717, 1.165) is 18.5 Å². The Balaban J connectivity index is 1.93.